The zero-order chi connectivity index (χ0) is 9.84. The van der Waals surface area contributed by atoms with Crippen LogP contribution < -0.4 is 0 Å². The van der Waals surface area contributed by atoms with Crippen LogP contribution in [0.15, 0.2) is 21.6 Å². The van der Waals surface area contributed by atoms with Gasteiger partial charge < -0.3 is 0 Å². The number of isocyanates is 1. The lowest BCUT2D eigenvalue weighted by atomic mass is 10.2. The Morgan fingerprint density at radius 2 is 2.23 bits per heavy atom. The first-order valence-electron chi connectivity index (χ1n) is 3.16. The van der Waals surface area contributed by atoms with Gasteiger partial charge in [0.25, 0.3) is 0 Å². The van der Waals surface area contributed by atoms with Crippen LogP contribution in [-0.2, 0) is 4.79 Å². The summed E-state index contributed by atoms with van der Waals surface area (Å²) in [5.41, 5.74) is 0.0169. The van der Waals surface area contributed by atoms with E-state index in [1.165, 1.54) is 12.1 Å². The van der Waals surface area contributed by atoms with Crippen LogP contribution in [0.25, 0.3) is 0 Å². The summed E-state index contributed by atoms with van der Waals surface area (Å²) >= 11 is 3.03. The second-order valence-corrected chi connectivity index (χ2v) is 2.95. The highest BCUT2D eigenvalue weighted by Gasteiger charge is 2.06. The molecule has 0 unspecified atom stereocenters. The van der Waals surface area contributed by atoms with Crippen molar-refractivity contribution in [2.45, 2.75) is 0 Å². The van der Waals surface area contributed by atoms with Crippen molar-refractivity contribution in [3.63, 3.8) is 0 Å². The molecule has 0 aliphatic rings. The Bertz CT molecular complexity index is 433. The molecule has 64 valence electrons. The Hall–Kier alpha value is -1.50. The molecule has 0 bridgehead atoms. The van der Waals surface area contributed by atoms with Crippen LogP contribution in [-0.4, -0.2) is 6.08 Å². The van der Waals surface area contributed by atoms with Crippen molar-refractivity contribution in [3.05, 3.63) is 28.0 Å². The molecule has 5 heteroatoms. The van der Waals surface area contributed by atoms with E-state index >= 15 is 0 Å². The van der Waals surface area contributed by atoms with E-state index < -0.39 is 5.82 Å². The van der Waals surface area contributed by atoms with Gasteiger partial charge in [-0.3, -0.25) is 0 Å². The third-order valence-corrected chi connectivity index (χ3v) is 1.96. The number of carbonyl (C=O) groups excluding carboxylic acids is 1. The van der Waals surface area contributed by atoms with E-state index in [4.69, 9.17) is 5.26 Å². The van der Waals surface area contributed by atoms with Gasteiger partial charge in [-0.2, -0.15) is 10.3 Å². The molecule has 1 aromatic rings. The Labute approximate surface area is 81.6 Å². The molecule has 0 atom stereocenters. The Balaban J connectivity index is 3.38. The van der Waals surface area contributed by atoms with E-state index in [9.17, 15) is 9.18 Å². The molecule has 0 saturated carbocycles. The minimum atomic E-state index is -0.709. The number of nitriles is 1. The molecule has 1 aromatic carbocycles. The van der Waals surface area contributed by atoms with E-state index in [1.54, 1.807) is 6.07 Å². The molecule has 0 heterocycles. The van der Waals surface area contributed by atoms with Crippen molar-refractivity contribution in [2.24, 2.45) is 4.99 Å². The van der Waals surface area contributed by atoms with E-state index in [2.05, 4.69) is 20.9 Å². The number of halogens is 2. The molecule has 13 heavy (non-hydrogen) atoms. The van der Waals surface area contributed by atoms with Crippen LogP contribution in [0.1, 0.15) is 5.56 Å². The SMILES string of the molecule is N#Cc1cc(Br)c(N=C=O)cc1F. The first-order valence-corrected chi connectivity index (χ1v) is 3.95. The van der Waals surface area contributed by atoms with Gasteiger partial charge >= 0.3 is 0 Å². The summed E-state index contributed by atoms with van der Waals surface area (Å²) in [6.07, 6.45) is 1.28. The van der Waals surface area contributed by atoms with Gasteiger partial charge in [0, 0.05) is 10.5 Å². The maximum Gasteiger partial charge on any atom is 0.240 e. The Morgan fingerprint density at radius 3 is 2.77 bits per heavy atom. The molecule has 0 fully saturated rings. The standard InChI is InChI=1S/C8H2BrFN2O/c9-6-1-5(3-11)7(10)2-8(6)12-4-13/h1-2H. The molecular formula is C8H2BrFN2O. The molecule has 0 amide bonds. The van der Waals surface area contributed by atoms with Crippen molar-refractivity contribution >= 4 is 27.7 Å². The highest BCUT2D eigenvalue weighted by molar-refractivity contribution is 9.10. The van der Waals surface area contributed by atoms with Crippen LogP contribution in [0.2, 0.25) is 0 Å². The first-order chi connectivity index (χ1) is 6.19. The monoisotopic (exact) mass is 240 g/mol. The van der Waals surface area contributed by atoms with E-state index in [0.29, 0.717) is 4.47 Å². The lowest BCUT2D eigenvalue weighted by Gasteiger charge is -1.97. The summed E-state index contributed by atoms with van der Waals surface area (Å²) in [5.74, 6) is -0.709. The van der Waals surface area contributed by atoms with Crippen molar-refractivity contribution in [2.75, 3.05) is 0 Å². The van der Waals surface area contributed by atoms with Crippen molar-refractivity contribution < 1.29 is 9.18 Å². The first kappa shape index (κ1) is 9.59. The highest BCUT2D eigenvalue weighted by atomic mass is 79.9. The van der Waals surface area contributed by atoms with E-state index in [-0.39, 0.29) is 11.3 Å². The van der Waals surface area contributed by atoms with Gasteiger partial charge in [0.1, 0.15) is 11.9 Å². The predicted octanol–water partition coefficient (Wildman–Crippen LogP) is 2.43. The molecule has 1 rings (SSSR count). The van der Waals surface area contributed by atoms with Gasteiger partial charge in [0.15, 0.2) is 0 Å². The number of benzene rings is 1. The number of hydrogen-bond donors (Lipinski definition) is 0. The second kappa shape index (κ2) is 3.94. The van der Waals surface area contributed by atoms with Crippen molar-refractivity contribution in [3.8, 4) is 6.07 Å². The number of hydrogen-bond acceptors (Lipinski definition) is 3. The zero-order valence-corrected chi connectivity index (χ0v) is 7.80. The molecule has 0 aliphatic heterocycles. The average molecular weight is 241 g/mol. The molecule has 3 nitrogen and oxygen atoms in total. The normalized spacial score (nSPS) is 8.69. The van der Waals surface area contributed by atoms with Crippen LogP contribution in [0.4, 0.5) is 10.1 Å². The van der Waals surface area contributed by atoms with Crippen LogP contribution in [0.3, 0.4) is 0 Å². The molecular weight excluding hydrogens is 239 g/mol. The van der Waals surface area contributed by atoms with Gasteiger partial charge in [-0.05, 0) is 22.0 Å². The quantitative estimate of drug-likeness (QED) is 0.560. The largest absolute Gasteiger partial charge is 0.240 e. The second-order valence-electron chi connectivity index (χ2n) is 2.10. The van der Waals surface area contributed by atoms with Crippen LogP contribution in [0, 0.1) is 17.1 Å². The lowest BCUT2D eigenvalue weighted by Crippen LogP contribution is -1.83. The van der Waals surface area contributed by atoms with Crippen LogP contribution >= 0.6 is 15.9 Å². The minimum absolute atomic E-state index is 0.100. The minimum Gasteiger partial charge on any atom is -0.211 e. The third-order valence-electron chi connectivity index (χ3n) is 1.32. The molecule has 0 radical (unpaired) electrons. The number of aliphatic imine (C=N–C) groups is 1. The molecule has 0 spiro atoms. The van der Waals surface area contributed by atoms with Crippen molar-refractivity contribution in [1.82, 2.24) is 0 Å². The van der Waals surface area contributed by atoms with Gasteiger partial charge in [0.05, 0.1) is 11.3 Å². The maximum absolute atomic E-state index is 12.9. The van der Waals surface area contributed by atoms with Crippen molar-refractivity contribution in [1.29, 1.82) is 5.26 Å². The van der Waals surface area contributed by atoms with Crippen LogP contribution in [0.5, 0.6) is 0 Å². The fraction of sp³-hybridized carbons (Fsp3) is 0. The smallest absolute Gasteiger partial charge is 0.211 e. The summed E-state index contributed by atoms with van der Waals surface area (Å²) in [6, 6.07) is 3.91. The number of rotatable bonds is 1. The number of nitrogens with zero attached hydrogens (tertiary/aromatic N) is 2. The molecule has 0 saturated heterocycles. The molecule has 0 aromatic heterocycles. The van der Waals surface area contributed by atoms with Gasteiger partial charge in [-0.1, -0.05) is 0 Å². The summed E-state index contributed by atoms with van der Waals surface area (Å²) in [5, 5.41) is 8.44. The average Bonchev–Trinajstić information content (AvgIpc) is 2.11. The fourth-order valence-corrected chi connectivity index (χ4v) is 1.19. The Kier molecular flexibility index (Phi) is 2.91. The van der Waals surface area contributed by atoms with Gasteiger partial charge in [0.2, 0.25) is 6.08 Å². The summed E-state index contributed by atoms with van der Waals surface area (Å²) < 4.78 is 13.3. The summed E-state index contributed by atoms with van der Waals surface area (Å²) in [4.78, 5) is 13.1. The topological polar surface area (TPSA) is 53.2 Å². The maximum atomic E-state index is 12.9. The summed E-state index contributed by atoms with van der Waals surface area (Å²) in [6.45, 7) is 0. The summed E-state index contributed by atoms with van der Waals surface area (Å²) in [7, 11) is 0. The molecule has 0 aliphatic carbocycles. The third kappa shape index (κ3) is 2.00. The highest BCUT2D eigenvalue weighted by Crippen LogP contribution is 2.27. The molecule has 0 N–H and O–H groups in total. The van der Waals surface area contributed by atoms with Gasteiger partial charge in [-0.25, -0.2) is 9.18 Å². The van der Waals surface area contributed by atoms with E-state index in [1.807, 2.05) is 0 Å². The lowest BCUT2D eigenvalue weighted by molar-refractivity contribution is 0.565. The predicted molar refractivity (Wildman–Crippen MR) is 46.6 cm³/mol. The Morgan fingerprint density at radius 1 is 1.54 bits per heavy atom. The fourth-order valence-electron chi connectivity index (χ4n) is 0.757. The zero-order valence-electron chi connectivity index (χ0n) is 6.21. The van der Waals surface area contributed by atoms with E-state index in [0.717, 1.165) is 6.07 Å². The van der Waals surface area contributed by atoms with Gasteiger partial charge in [-0.15, -0.1) is 0 Å².